The van der Waals surface area contributed by atoms with Crippen molar-refractivity contribution in [3.8, 4) is 6.07 Å². The summed E-state index contributed by atoms with van der Waals surface area (Å²) in [4.78, 5) is 1.26. The normalized spacial score (nSPS) is 9.94. The third-order valence-corrected chi connectivity index (χ3v) is 4.53. The van der Waals surface area contributed by atoms with E-state index in [4.69, 9.17) is 5.26 Å². The van der Waals surface area contributed by atoms with Crippen LogP contribution in [-0.2, 0) is 6.54 Å². The minimum absolute atomic E-state index is 0.654. The molecule has 0 atom stereocenters. The molecule has 2 rings (SSSR count). The predicted octanol–water partition coefficient (Wildman–Crippen LogP) is 4.76. The lowest BCUT2D eigenvalue weighted by Gasteiger charge is -2.07. The highest BCUT2D eigenvalue weighted by molar-refractivity contribution is 9.10. The second-order valence-corrected chi connectivity index (χ2v) is 6.16. The maximum absolute atomic E-state index is 8.77. The molecule has 5 heteroatoms. The highest BCUT2D eigenvalue weighted by Gasteiger charge is 2.02. The monoisotopic (exact) mass is 370 g/mol. The van der Waals surface area contributed by atoms with E-state index in [0.717, 1.165) is 21.2 Å². The summed E-state index contributed by atoms with van der Waals surface area (Å²) in [6.07, 6.45) is 0. The molecule has 1 aromatic carbocycles. The van der Waals surface area contributed by atoms with E-state index in [1.807, 2.05) is 12.1 Å². The summed E-state index contributed by atoms with van der Waals surface area (Å²) in [5.41, 5.74) is 1.65. The van der Waals surface area contributed by atoms with Gasteiger partial charge in [-0.15, -0.1) is 11.3 Å². The lowest BCUT2D eigenvalue weighted by molar-refractivity contribution is 1.19. The van der Waals surface area contributed by atoms with Crippen molar-refractivity contribution in [2.75, 3.05) is 5.32 Å². The number of rotatable bonds is 3. The number of nitriles is 1. The zero-order chi connectivity index (χ0) is 12.3. The van der Waals surface area contributed by atoms with E-state index in [1.54, 1.807) is 17.4 Å². The topological polar surface area (TPSA) is 35.8 Å². The summed E-state index contributed by atoms with van der Waals surface area (Å²) in [5.74, 6) is 0. The first-order chi connectivity index (χ1) is 8.19. The van der Waals surface area contributed by atoms with E-state index in [0.29, 0.717) is 5.56 Å². The first-order valence-electron chi connectivity index (χ1n) is 4.85. The van der Waals surface area contributed by atoms with Crippen LogP contribution >= 0.6 is 43.2 Å². The van der Waals surface area contributed by atoms with Crippen molar-refractivity contribution in [2.45, 2.75) is 6.54 Å². The quantitative estimate of drug-likeness (QED) is 0.844. The third-order valence-electron chi connectivity index (χ3n) is 2.17. The van der Waals surface area contributed by atoms with E-state index in [1.165, 1.54) is 4.88 Å². The Morgan fingerprint density at radius 1 is 1.29 bits per heavy atom. The Balaban J connectivity index is 2.07. The molecule has 2 aromatic rings. The predicted molar refractivity (Wildman–Crippen MR) is 78.2 cm³/mol. The molecule has 0 saturated carbocycles. The number of halogens is 2. The molecule has 17 heavy (non-hydrogen) atoms. The summed E-state index contributed by atoms with van der Waals surface area (Å²) in [7, 11) is 0. The van der Waals surface area contributed by atoms with Gasteiger partial charge in [-0.2, -0.15) is 5.26 Å². The fourth-order valence-electron chi connectivity index (χ4n) is 1.36. The number of benzene rings is 1. The zero-order valence-electron chi connectivity index (χ0n) is 8.71. The molecule has 0 aliphatic rings. The van der Waals surface area contributed by atoms with E-state index in [2.05, 4.69) is 54.7 Å². The first-order valence-corrected chi connectivity index (χ1v) is 7.32. The van der Waals surface area contributed by atoms with Gasteiger partial charge in [-0.25, -0.2) is 0 Å². The van der Waals surface area contributed by atoms with Gasteiger partial charge in [-0.3, -0.25) is 0 Å². The molecule has 0 fully saturated rings. The molecule has 0 aliphatic carbocycles. The number of hydrogen-bond donors (Lipinski definition) is 1. The molecule has 0 saturated heterocycles. The number of nitrogens with one attached hydrogen (secondary N) is 1. The molecule has 0 bridgehead atoms. The summed E-state index contributed by atoms with van der Waals surface area (Å²) in [6.45, 7) is 0.779. The van der Waals surface area contributed by atoms with E-state index in [-0.39, 0.29) is 0 Å². The van der Waals surface area contributed by atoms with Gasteiger partial charge in [0.05, 0.1) is 11.6 Å². The Kier molecular flexibility index (Phi) is 4.21. The van der Waals surface area contributed by atoms with Crippen LogP contribution in [0.4, 0.5) is 5.69 Å². The van der Waals surface area contributed by atoms with Gasteiger partial charge in [0.1, 0.15) is 0 Å². The van der Waals surface area contributed by atoms with Crippen molar-refractivity contribution in [1.29, 1.82) is 5.26 Å². The molecule has 0 aliphatic heterocycles. The molecular formula is C12H8Br2N2S. The summed E-state index contributed by atoms with van der Waals surface area (Å²) >= 11 is 8.58. The highest BCUT2D eigenvalue weighted by atomic mass is 79.9. The Labute approximate surface area is 121 Å². The average Bonchev–Trinajstić information content (AvgIpc) is 2.73. The fraction of sp³-hybridized carbons (Fsp3) is 0.0833. The summed E-state index contributed by atoms with van der Waals surface area (Å²) in [5, 5.41) is 14.2. The lowest BCUT2D eigenvalue weighted by Crippen LogP contribution is -1.98. The van der Waals surface area contributed by atoms with Gasteiger partial charge in [0, 0.05) is 31.4 Å². The molecule has 1 heterocycles. The van der Waals surface area contributed by atoms with Gasteiger partial charge in [-0.05, 0) is 56.1 Å². The van der Waals surface area contributed by atoms with E-state index >= 15 is 0 Å². The number of hydrogen-bond acceptors (Lipinski definition) is 3. The summed E-state index contributed by atoms with van der Waals surface area (Å²) < 4.78 is 2.02. The van der Waals surface area contributed by atoms with Crippen molar-refractivity contribution in [3.63, 3.8) is 0 Å². The van der Waals surface area contributed by atoms with Crippen LogP contribution in [0.25, 0.3) is 0 Å². The number of nitrogens with zero attached hydrogens (tertiary/aromatic N) is 1. The maximum atomic E-state index is 8.77. The van der Waals surface area contributed by atoms with Crippen LogP contribution in [0.1, 0.15) is 10.4 Å². The largest absolute Gasteiger partial charge is 0.379 e. The van der Waals surface area contributed by atoms with Gasteiger partial charge in [0.25, 0.3) is 0 Å². The number of anilines is 1. The van der Waals surface area contributed by atoms with Gasteiger partial charge < -0.3 is 5.32 Å². The third kappa shape index (κ3) is 3.32. The Bertz CT molecular complexity index is 572. The highest BCUT2D eigenvalue weighted by Crippen LogP contribution is 2.25. The standard InChI is InChI=1S/C12H8Br2N2S/c13-9-4-10(17-7-9)6-16-12-2-1-8(5-15)3-11(12)14/h1-4,7,16H,6H2. The Morgan fingerprint density at radius 3 is 2.71 bits per heavy atom. The Morgan fingerprint density at radius 2 is 2.12 bits per heavy atom. The summed E-state index contributed by atoms with van der Waals surface area (Å²) in [6, 6.07) is 9.73. The van der Waals surface area contributed by atoms with E-state index < -0.39 is 0 Å². The van der Waals surface area contributed by atoms with Crippen LogP contribution in [0.15, 0.2) is 38.6 Å². The second kappa shape index (κ2) is 5.67. The minimum atomic E-state index is 0.654. The lowest BCUT2D eigenvalue weighted by atomic mass is 10.2. The van der Waals surface area contributed by atoms with Crippen molar-refractivity contribution >= 4 is 48.9 Å². The average molecular weight is 372 g/mol. The minimum Gasteiger partial charge on any atom is -0.379 e. The molecule has 0 radical (unpaired) electrons. The zero-order valence-corrected chi connectivity index (χ0v) is 12.7. The smallest absolute Gasteiger partial charge is 0.0992 e. The SMILES string of the molecule is N#Cc1ccc(NCc2cc(Br)cs2)c(Br)c1. The second-order valence-electron chi connectivity index (χ2n) is 3.39. The van der Waals surface area contributed by atoms with Crippen molar-refractivity contribution < 1.29 is 0 Å². The van der Waals surface area contributed by atoms with E-state index in [9.17, 15) is 0 Å². The van der Waals surface area contributed by atoms with Gasteiger partial charge in [-0.1, -0.05) is 0 Å². The molecule has 0 amide bonds. The van der Waals surface area contributed by atoms with Crippen molar-refractivity contribution in [3.05, 3.63) is 49.0 Å². The molecular weight excluding hydrogens is 364 g/mol. The number of thiophene rings is 1. The molecule has 0 unspecified atom stereocenters. The molecule has 86 valence electrons. The Hall–Kier alpha value is -0.830. The van der Waals surface area contributed by atoms with Crippen molar-refractivity contribution in [2.24, 2.45) is 0 Å². The molecule has 1 N–H and O–H groups in total. The van der Waals surface area contributed by atoms with Gasteiger partial charge in [0.15, 0.2) is 0 Å². The molecule has 1 aromatic heterocycles. The van der Waals surface area contributed by atoms with Crippen LogP contribution in [0, 0.1) is 11.3 Å². The molecule has 2 nitrogen and oxygen atoms in total. The van der Waals surface area contributed by atoms with Gasteiger partial charge in [0.2, 0.25) is 0 Å². The van der Waals surface area contributed by atoms with Crippen LogP contribution in [0.5, 0.6) is 0 Å². The first kappa shape index (κ1) is 12.6. The van der Waals surface area contributed by atoms with Gasteiger partial charge >= 0.3 is 0 Å². The van der Waals surface area contributed by atoms with Crippen LogP contribution < -0.4 is 5.32 Å². The molecule has 0 spiro atoms. The van der Waals surface area contributed by atoms with Crippen LogP contribution in [0.3, 0.4) is 0 Å². The van der Waals surface area contributed by atoms with Crippen LogP contribution in [0.2, 0.25) is 0 Å². The van der Waals surface area contributed by atoms with Crippen molar-refractivity contribution in [1.82, 2.24) is 0 Å². The van der Waals surface area contributed by atoms with Crippen LogP contribution in [-0.4, -0.2) is 0 Å². The fourth-order valence-corrected chi connectivity index (χ4v) is 3.27. The maximum Gasteiger partial charge on any atom is 0.0992 e.